The molecule has 0 amide bonds. The molecule has 0 atom stereocenters. The Bertz CT molecular complexity index is 860. The van der Waals surface area contributed by atoms with Crippen molar-refractivity contribution in [1.82, 2.24) is 9.55 Å². The Morgan fingerprint density at radius 3 is 2.29 bits per heavy atom. The summed E-state index contributed by atoms with van der Waals surface area (Å²) in [5.74, 6) is 0.503. The molecule has 0 aliphatic carbocycles. The van der Waals surface area contributed by atoms with Crippen molar-refractivity contribution in [3.05, 3.63) is 56.8 Å². The quantitative estimate of drug-likeness (QED) is 0.559. The van der Waals surface area contributed by atoms with Crippen LogP contribution in [0.3, 0.4) is 0 Å². The second-order valence-electron chi connectivity index (χ2n) is 5.30. The van der Waals surface area contributed by atoms with Gasteiger partial charge >= 0.3 is 0 Å². The summed E-state index contributed by atoms with van der Waals surface area (Å²) in [6.07, 6.45) is 0. The van der Waals surface area contributed by atoms with E-state index < -0.39 is 0 Å². The second-order valence-corrected chi connectivity index (χ2v) is 6.50. The maximum Gasteiger partial charge on any atom is 0.182 e. The van der Waals surface area contributed by atoms with Crippen LogP contribution in [0.5, 0.6) is 0 Å². The Hall–Kier alpha value is -1.29. The van der Waals surface area contributed by atoms with Crippen LogP contribution in [-0.2, 0) is 0 Å². The van der Waals surface area contributed by atoms with Crippen LogP contribution < -0.4 is 0 Å². The average molecular weight is 337 g/mol. The van der Waals surface area contributed by atoms with Crippen molar-refractivity contribution in [2.75, 3.05) is 0 Å². The number of aromatic nitrogens is 2. The van der Waals surface area contributed by atoms with Crippen molar-refractivity contribution in [3.63, 3.8) is 0 Å². The second kappa shape index (κ2) is 5.48. The number of aromatic amines is 1. The lowest BCUT2D eigenvalue weighted by Crippen LogP contribution is -1.95. The molecule has 0 aliphatic heterocycles. The van der Waals surface area contributed by atoms with E-state index in [0.717, 1.165) is 16.7 Å². The summed E-state index contributed by atoms with van der Waals surface area (Å²) in [7, 11) is 0. The SMILES string of the molecule is CC(C)c1ccc(-n2c(=S)[nH]c3cc(Cl)c(Cl)cc32)cc1. The van der Waals surface area contributed by atoms with Gasteiger partial charge < -0.3 is 4.98 Å². The van der Waals surface area contributed by atoms with Crippen molar-refractivity contribution in [2.45, 2.75) is 19.8 Å². The number of fused-ring (bicyclic) bond motifs is 1. The molecule has 0 radical (unpaired) electrons. The predicted molar refractivity (Wildman–Crippen MR) is 92.6 cm³/mol. The van der Waals surface area contributed by atoms with Gasteiger partial charge in [-0.15, -0.1) is 0 Å². The van der Waals surface area contributed by atoms with Gasteiger partial charge in [-0.25, -0.2) is 0 Å². The lowest BCUT2D eigenvalue weighted by atomic mass is 10.0. The van der Waals surface area contributed by atoms with Crippen LogP contribution in [0.2, 0.25) is 10.0 Å². The number of imidazole rings is 1. The minimum atomic E-state index is 0.503. The van der Waals surface area contributed by atoms with E-state index in [1.54, 1.807) is 6.07 Å². The number of benzene rings is 2. The molecule has 0 fully saturated rings. The van der Waals surface area contributed by atoms with Gasteiger partial charge in [-0.3, -0.25) is 4.57 Å². The molecular formula is C16H14Cl2N2S. The van der Waals surface area contributed by atoms with E-state index in [0.29, 0.717) is 20.7 Å². The van der Waals surface area contributed by atoms with Crippen molar-refractivity contribution < 1.29 is 0 Å². The van der Waals surface area contributed by atoms with E-state index in [1.165, 1.54) is 5.56 Å². The summed E-state index contributed by atoms with van der Waals surface area (Å²) in [4.78, 5) is 3.17. The molecule has 108 valence electrons. The highest BCUT2D eigenvalue weighted by molar-refractivity contribution is 7.71. The molecule has 1 aromatic heterocycles. The van der Waals surface area contributed by atoms with Crippen molar-refractivity contribution in [3.8, 4) is 5.69 Å². The zero-order valence-corrected chi connectivity index (χ0v) is 14.0. The van der Waals surface area contributed by atoms with Crippen LogP contribution >= 0.6 is 35.4 Å². The van der Waals surface area contributed by atoms with Crippen molar-refractivity contribution >= 4 is 46.5 Å². The van der Waals surface area contributed by atoms with Gasteiger partial charge in [-0.05, 0) is 48.0 Å². The maximum absolute atomic E-state index is 6.13. The molecule has 0 aliphatic rings. The number of nitrogens with one attached hydrogen (secondary N) is 1. The van der Waals surface area contributed by atoms with Crippen molar-refractivity contribution in [1.29, 1.82) is 0 Å². The predicted octanol–water partition coefficient (Wildman–Crippen LogP) is 6.12. The van der Waals surface area contributed by atoms with Crippen LogP contribution in [0.25, 0.3) is 16.7 Å². The first-order valence-electron chi connectivity index (χ1n) is 6.67. The lowest BCUT2D eigenvalue weighted by Gasteiger charge is -2.09. The number of H-pyrrole nitrogens is 1. The van der Waals surface area contributed by atoms with E-state index >= 15 is 0 Å². The van der Waals surface area contributed by atoms with Gasteiger partial charge in [0.2, 0.25) is 0 Å². The summed E-state index contributed by atoms with van der Waals surface area (Å²) in [5.41, 5.74) is 4.11. The standard InChI is InChI=1S/C16H14Cl2N2S/c1-9(2)10-3-5-11(6-4-10)20-15-8-13(18)12(17)7-14(15)19-16(20)21/h3-9H,1-2H3,(H,19,21). The van der Waals surface area contributed by atoms with Crippen LogP contribution in [0.4, 0.5) is 0 Å². The van der Waals surface area contributed by atoms with Gasteiger partial charge in [0.25, 0.3) is 0 Å². The van der Waals surface area contributed by atoms with E-state index in [4.69, 9.17) is 35.4 Å². The first kappa shape index (κ1) is 14.6. The Kier molecular flexibility index (Phi) is 3.82. The largest absolute Gasteiger partial charge is 0.330 e. The fourth-order valence-corrected chi connectivity index (χ4v) is 3.00. The minimum Gasteiger partial charge on any atom is -0.330 e. The summed E-state index contributed by atoms with van der Waals surface area (Å²) in [6.45, 7) is 4.35. The molecule has 2 nitrogen and oxygen atoms in total. The smallest absolute Gasteiger partial charge is 0.182 e. The minimum absolute atomic E-state index is 0.503. The van der Waals surface area contributed by atoms with E-state index in [1.807, 2.05) is 10.6 Å². The summed E-state index contributed by atoms with van der Waals surface area (Å²) in [6, 6.07) is 12.0. The normalized spacial score (nSPS) is 11.5. The molecule has 0 saturated heterocycles. The number of hydrogen-bond acceptors (Lipinski definition) is 1. The van der Waals surface area contributed by atoms with E-state index in [9.17, 15) is 0 Å². The molecule has 3 aromatic rings. The number of rotatable bonds is 2. The first-order valence-corrected chi connectivity index (χ1v) is 7.84. The van der Waals surface area contributed by atoms with E-state index in [2.05, 4.69) is 43.1 Å². The lowest BCUT2D eigenvalue weighted by molar-refractivity contribution is 0.865. The van der Waals surface area contributed by atoms with Gasteiger partial charge in [0, 0.05) is 5.69 Å². The molecule has 0 unspecified atom stereocenters. The zero-order valence-electron chi connectivity index (χ0n) is 11.7. The van der Waals surface area contributed by atoms with Gasteiger partial charge in [-0.2, -0.15) is 0 Å². The highest BCUT2D eigenvalue weighted by Crippen LogP contribution is 2.29. The monoisotopic (exact) mass is 336 g/mol. The molecule has 21 heavy (non-hydrogen) atoms. The molecular weight excluding hydrogens is 323 g/mol. The van der Waals surface area contributed by atoms with Crippen LogP contribution in [-0.4, -0.2) is 9.55 Å². The van der Waals surface area contributed by atoms with Crippen LogP contribution in [0.1, 0.15) is 25.3 Å². The topological polar surface area (TPSA) is 20.7 Å². The zero-order chi connectivity index (χ0) is 15.1. The highest BCUT2D eigenvalue weighted by atomic mass is 35.5. The fourth-order valence-electron chi connectivity index (χ4n) is 2.37. The molecule has 0 spiro atoms. The molecule has 0 saturated carbocycles. The summed E-state index contributed by atoms with van der Waals surface area (Å²) < 4.78 is 2.59. The third-order valence-corrected chi connectivity index (χ3v) is 4.55. The molecule has 0 bridgehead atoms. The van der Waals surface area contributed by atoms with Crippen LogP contribution in [0, 0.1) is 4.77 Å². The maximum atomic E-state index is 6.13. The fraction of sp³-hybridized carbons (Fsp3) is 0.188. The molecule has 3 rings (SSSR count). The Balaban J connectivity index is 2.22. The van der Waals surface area contributed by atoms with Gasteiger partial charge in [-0.1, -0.05) is 49.2 Å². The Morgan fingerprint density at radius 1 is 1.05 bits per heavy atom. The summed E-state index contributed by atoms with van der Waals surface area (Å²) >= 11 is 17.6. The number of nitrogens with zero attached hydrogens (tertiary/aromatic N) is 1. The Labute approximate surface area is 138 Å². The van der Waals surface area contributed by atoms with Crippen molar-refractivity contribution in [2.24, 2.45) is 0 Å². The van der Waals surface area contributed by atoms with Gasteiger partial charge in [0.05, 0.1) is 21.1 Å². The molecule has 2 aromatic carbocycles. The Morgan fingerprint density at radius 2 is 1.67 bits per heavy atom. The molecule has 1 N–H and O–H groups in total. The summed E-state index contributed by atoms with van der Waals surface area (Å²) in [5, 5.41) is 1.04. The average Bonchev–Trinajstić information content (AvgIpc) is 2.75. The number of halogens is 2. The molecule has 5 heteroatoms. The third-order valence-electron chi connectivity index (χ3n) is 3.54. The van der Waals surface area contributed by atoms with Crippen LogP contribution in [0.15, 0.2) is 36.4 Å². The number of hydrogen-bond donors (Lipinski definition) is 1. The highest BCUT2D eigenvalue weighted by Gasteiger charge is 2.10. The first-order chi connectivity index (χ1) is 9.97. The van der Waals surface area contributed by atoms with Gasteiger partial charge in [0.15, 0.2) is 4.77 Å². The van der Waals surface area contributed by atoms with E-state index in [-0.39, 0.29) is 0 Å². The molecule has 1 heterocycles. The third kappa shape index (κ3) is 2.61. The van der Waals surface area contributed by atoms with Gasteiger partial charge in [0.1, 0.15) is 0 Å².